The number of benzene rings is 2. The molecule has 0 aliphatic heterocycles. The molecule has 0 fully saturated rings. The third-order valence-corrected chi connectivity index (χ3v) is 9.51. The number of rotatable bonds is 8. The van der Waals surface area contributed by atoms with Crippen LogP contribution in [-0.4, -0.2) is 21.4 Å². The van der Waals surface area contributed by atoms with Crippen LogP contribution in [-0.2, 0) is 26.1 Å². The summed E-state index contributed by atoms with van der Waals surface area (Å²) in [6, 6.07) is 19.0. The first-order valence-electron chi connectivity index (χ1n) is 8.52. The molecule has 0 radical (unpaired) electrons. The molecule has 0 atom stereocenters. The Bertz CT molecular complexity index is 986. The SMILES string of the molecule is O=S(=O)(c1ccccc1)C(CCCc1ccco1)S(=O)(=O)c1ccccc1. The molecular weight excluding hydrogens is 384 g/mol. The predicted octanol–water partition coefficient (Wildman–Crippen LogP) is 3.88. The van der Waals surface area contributed by atoms with Crippen LogP contribution in [0.1, 0.15) is 18.6 Å². The van der Waals surface area contributed by atoms with E-state index in [-0.39, 0.29) is 16.2 Å². The van der Waals surface area contributed by atoms with Crippen molar-refractivity contribution in [2.24, 2.45) is 0 Å². The zero-order valence-electron chi connectivity index (χ0n) is 14.6. The molecule has 142 valence electrons. The molecule has 1 aromatic heterocycles. The highest BCUT2D eigenvalue weighted by molar-refractivity contribution is 8.09. The molecule has 0 aliphatic rings. The van der Waals surface area contributed by atoms with E-state index in [0.29, 0.717) is 18.6 Å². The lowest BCUT2D eigenvalue weighted by Gasteiger charge is -2.18. The van der Waals surface area contributed by atoms with Crippen molar-refractivity contribution in [3.63, 3.8) is 0 Å². The standard InChI is InChI=1S/C20H20O5S2/c21-26(22,18-11-3-1-4-12-18)20(15-7-9-17-10-8-16-25-17)27(23,24)19-13-5-2-6-14-19/h1-6,8,10-14,16,20H,7,9,15H2. The molecule has 0 spiro atoms. The minimum Gasteiger partial charge on any atom is -0.469 e. The van der Waals surface area contributed by atoms with Crippen LogP contribution in [0.4, 0.5) is 0 Å². The van der Waals surface area contributed by atoms with Crippen LogP contribution in [0, 0.1) is 0 Å². The fraction of sp³-hybridized carbons (Fsp3) is 0.200. The van der Waals surface area contributed by atoms with E-state index in [1.165, 1.54) is 30.5 Å². The molecule has 7 heteroatoms. The first kappa shape index (κ1) is 19.4. The van der Waals surface area contributed by atoms with Gasteiger partial charge in [-0.05, 0) is 49.2 Å². The monoisotopic (exact) mass is 404 g/mol. The molecule has 0 amide bonds. The zero-order valence-corrected chi connectivity index (χ0v) is 16.2. The topological polar surface area (TPSA) is 81.4 Å². The molecule has 0 saturated carbocycles. The van der Waals surface area contributed by atoms with Crippen molar-refractivity contribution in [3.05, 3.63) is 84.8 Å². The summed E-state index contributed by atoms with van der Waals surface area (Å²) >= 11 is 0. The Morgan fingerprint density at radius 3 is 1.67 bits per heavy atom. The van der Waals surface area contributed by atoms with Crippen LogP contribution in [0.25, 0.3) is 0 Å². The lowest BCUT2D eigenvalue weighted by molar-refractivity contribution is 0.496. The van der Waals surface area contributed by atoms with Crippen LogP contribution >= 0.6 is 0 Å². The molecule has 0 bridgehead atoms. The van der Waals surface area contributed by atoms with Gasteiger partial charge in [-0.1, -0.05) is 36.4 Å². The lowest BCUT2D eigenvalue weighted by atomic mass is 10.2. The molecule has 0 aliphatic carbocycles. The fourth-order valence-electron chi connectivity index (χ4n) is 2.90. The van der Waals surface area contributed by atoms with Crippen molar-refractivity contribution >= 4 is 19.7 Å². The van der Waals surface area contributed by atoms with Gasteiger partial charge in [0.2, 0.25) is 0 Å². The molecule has 0 N–H and O–H groups in total. The highest BCUT2D eigenvalue weighted by atomic mass is 32.3. The van der Waals surface area contributed by atoms with Gasteiger partial charge in [-0.2, -0.15) is 0 Å². The summed E-state index contributed by atoms with van der Waals surface area (Å²) in [5.41, 5.74) is 0. The average Bonchev–Trinajstić information content (AvgIpc) is 3.20. The average molecular weight is 405 g/mol. The molecule has 0 saturated heterocycles. The summed E-state index contributed by atoms with van der Waals surface area (Å²) in [5, 5.41) is 0. The van der Waals surface area contributed by atoms with Crippen molar-refractivity contribution in [1.29, 1.82) is 0 Å². The summed E-state index contributed by atoms with van der Waals surface area (Å²) in [6.07, 6.45) is 2.36. The number of hydrogen-bond acceptors (Lipinski definition) is 5. The highest BCUT2D eigenvalue weighted by Crippen LogP contribution is 2.29. The molecule has 3 rings (SSSR count). The molecular formula is C20H20O5S2. The molecule has 3 aromatic rings. The van der Waals surface area contributed by atoms with Crippen molar-refractivity contribution in [2.75, 3.05) is 0 Å². The Hall–Kier alpha value is -2.38. The van der Waals surface area contributed by atoms with Crippen LogP contribution in [0.2, 0.25) is 0 Å². The smallest absolute Gasteiger partial charge is 0.195 e. The van der Waals surface area contributed by atoms with E-state index in [0.717, 1.165) is 0 Å². The second kappa shape index (κ2) is 8.10. The van der Waals surface area contributed by atoms with Crippen molar-refractivity contribution in [3.8, 4) is 0 Å². The van der Waals surface area contributed by atoms with Gasteiger partial charge in [-0.15, -0.1) is 0 Å². The van der Waals surface area contributed by atoms with E-state index in [4.69, 9.17) is 4.42 Å². The minimum absolute atomic E-state index is 0.00695. The first-order chi connectivity index (χ1) is 12.9. The van der Waals surface area contributed by atoms with Gasteiger partial charge in [0.15, 0.2) is 24.3 Å². The maximum absolute atomic E-state index is 13.1. The molecule has 27 heavy (non-hydrogen) atoms. The van der Waals surface area contributed by atoms with Crippen LogP contribution in [0.15, 0.2) is 93.3 Å². The Kier molecular flexibility index (Phi) is 5.82. The van der Waals surface area contributed by atoms with E-state index in [1.54, 1.807) is 48.5 Å². The van der Waals surface area contributed by atoms with Gasteiger partial charge in [0, 0.05) is 6.42 Å². The van der Waals surface area contributed by atoms with Gasteiger partial charge in [0.1, 0.15) is 5.76 Å². The predicted molar refractivity (Wildman–Crippen MR) is 103 cm³/mol. The Balaban J connectivity index is 1.96. The Labute approximate surface area is 159 Å². The third-order valence-electron chi connectivity index (χ3n) is 4.28. The quantitative estimate of drug-likeness (QED) is 0.569. The maximum Gasteiger partial charge on any atom is 0.195 e. The second-order valence-corrected chi connectivity index (χ2v) is 10.7. The van der Waals surface area contributed by atoms with Gasteiger partial charge in [-0.3, -0.25) is 0 Å². The third kappa shape index (κ3) is 4.31. The van der Waals surface area contributed by atoms with Gasteiger partial charge in [0.05, 0.1) is 16.1 Å². The normalized spacial score (nSPS) is 12.3. The zero-order chi connectivity index (χ0) is 19.3. The lowest BCUT2D eigenvalue weighted by Crippen LogP contribution is -2.31. The van der Waals surface area contributed by atoms with Crippen molar-refractivity contribution in [1.82, 2.24) is 0 Å². The van der Waals surface area contributed by atoms with Crippen LogP contribution in [0.5, 0.6) is 0 Å². The molecule has 0 unspecified atom stereocenters. The van der Waals surface area contributed by atoms with Gasteiger partial charge < -0.3 is 4.42 Å². The van der Waals surface area contributed by atoms with Crippen LogP contribution < -0.4 is 0 Å². The molecule has 5 nitrogen and oxygen atoms in total. The maximum atomic E-state index is 13.1. The van der Waals surface area contributed by atoms with E-state index in [1.807, 2.05) is 0 Å². The number of hydrogen-bond donors (Lipinski definition) is 0. The van der Waals surface area contributed by atoms with E-state index >= 15 is 0 Å². The largest absolute Gasteiger partial charge is 0.469 e. The van der Waals surface area contributed by atoms with E-state index < -0.39 is 24.3 Å². The summed E-state index contributed by atoms with van der Waals surface area (Å²) in [4.78, 5) is 0.0139. The number of furan rings is 1. The summed E-state index contributed by atoms with van der Waals surface area (Å²) < 4.78 is 56.3. The van der Waals surface area contributed by atoms with Crippen molar-refractivity contribution < 1.29 is 21.3 Å². The summed E-state index contributed by atoms with van der Waals surface area (Å²) in [7, 11) is -8.13. The number of aryl methyl sites for hydroxylation is 1. The van der Waals surface area contributed by atoms with Crippen molar-refractivity contribution in [2.45, 2.75) is 33.6 Å². The highest BCUT2D eigenvalue weighted by Gasteiger charge is 2.39. The van der Waals surface area contributed by atoms with E-state index in [9.17, 15) is 16.8 Å². The Morgan fingerprint density at radius 2 is 1.22 bits per heavy atom. The summed E-state index contributed by atoms with van der Waals surface area (Å²) in [5.74, 6) is 0.697. The van der Waals surface area contributed by atoms with E-state index in [2.05, 4.69) is 0 Å². The molecule has 2 aromatic carbocycles. The van der Waals surface area contributed by atoms with Crippen LogP contribution in [0.3, 0.4) is 0 Å². The second-order valence-electron chi connectivity index (χ2n) is 6.12. The van der Waals surface area contributed by atoms with Gasteiger partial charge in [-0.25, -0.2) is 16.8 Å². The number of sulfone groups is 2. The van der Waals surface area contributed by atoms with Gasteiger partial charge in [0.25, 0.3) is 0 Å². The van der Waals surface area contributed by atoms with Gasteiger partial charge >= 0.3 is 0 Å². The molecule has 1 heterocycles. The first-order valence-corrected chi connectivity index (χ1v) is 11.6. The Morgan fingerprint density at radius 1 is 0.704 bits per heavy atom. The minimum atomic E-state index is -4.07. The fourth-order valence-corrected chi connectivity index (χ4v) is 7.53. The summed E-state index contributed by atoms with van der Waals surface area (Å²) in [6.45, 7) is 0.